The average molecular weight is 310 g/mol. The van der Waals surface area contributed by atoms with Gasteiger partial charge in [-0.05, 0) is 25.0 Å². The third-order valence-corrected chi connectivity index (χ3v) is 5.71. The maximum absolute atomic E-state index is 12.4. The van der Waals surface area contributed by atoms with E-state index in [9.17, 15) is 13.2 Å². The van der Waals surface area contributed by atoms with Gasteiger partial charge < -0.3 is 4.74 Å². The highest BCUT2D eigenvalue weighted by Crippen LogP contribution is 2.28. The fourth-order valence-corrected chi connectivity index (χ4v) is 4.14. The molecule has 1 aliphatic carbocycles. The number of aromatic nitrogens is 1. The van der Waals surface area contributed by atoms with E-state index in [1.54, 1.807) is 0 Å². The standard InChI is InChI=1S/C13H16N3O4S/c1-20-13(17)12(16-14)9-6-7-11(15-8-9)21(18,19)10-4-2-3-5-10/h6-8,10,14H,2-5H2,1H3/q+1. The molecule has 0 radical (unpaired) electrons. The van der Waals surface area contributed by atoms with E-state index in [-0.39, 0.29) is 21.6 Å². The van der Waals surface area contributed by atoms with Crippen molar-refractivity contribution in [3.8, 4) is 0 Å². The number of methoxy groups -OCH3 is 1. The lowest BCUT2D eigenvalue weighted by atomic mass is 10.2. The summed E-state index contributed by atoms with van der Waals surface area (Å²) in [5.41, 5.74) is 7.02. The SMILES string of the molecule is COC(=O)C(=[N+]=N)c1ccc(S(=O)(=O)C2CCCC2)nc1. The van der Waals surface area contributed by atoms with E-state index in [4.69, 9.17) is 5.53 Å². The van der Waals surface area contributed by atoms with Crippen LogP contribution in [0.15, 0.2) is 23.4 Å². The summed E-state index contributed by atoms with van der Waals surface area (Å²) in [4.78, 5) is 18.4. The van der Waals surface area contributed by atoms with Crippen LogP contribution >= 0.6 is 0 Å². The van der Waals surface area contributed by atoms with E-state index in [1.165, 1.54) is 25.4 Å². The number of hydrogen-bond acceptors (Lipinski definition) is 6. The van der Waals surface area contributed by atoms with Crippen molar-refractivity contribution in [2.75, 3.05) is 7.11 Å². The molecule has 0 saturated heterocycles. The third kappa shape index (κ3) is 3.01. The Hall–Kier alpha value is -2.05. The minimum Gasteiger partial charge on any atom is -0.460 e. The quantitative estimate of drug-likeness (QED) is 0.386. The molecule has 112 valence electrons. The topological polar surface area (TPSA) is 111 Å². The molecule has 0 atom stereocenters. The van der Waals surface area contributed by atoms with Gasteiger partial charge in [0, 0.05) is 6.20 Å². The largest absolute Gasteiger partial charge is 0.460 e. The minimum absolute atomic E-state index is 0.00709. The lowest BCUT2D eigenvalue weighted by Gasteiger charge is -2.09. The summed E-state index contributed by atoms with van der Waals surface area (Å²) in [5.74, 6) is -0.766. The highest BCUT2D eigenvalue weighted by molar-refractivity contribution is 7.92. The maximum atomic E-state index is 12.4. The van der Waals surface area contributed by atoms with Crippen molar-refractivity contribution in [1.82, 2.24) is 4.98 Å². The Morgan fingerprint density at radius 3 is 2.52 bits per heavy atom. The van der Waals surface area contributed by atoms with Crippen LogP contribution in [0.4, 0.5) is 0 Å². The summed E-state index contributed by atoms with van der Waals surface area (Å²) in [6, 6.07) is 2.76. The lowest BCUT2D eigenvalue weighted by molar-refractivity contribution is -0.149. The van der Waals surface area contributed by atoms with Crippen molar-refractivity contribution in [2.45, 2.75) is 36.0 Å². The third-order valence-electron chi connectivity index (χ3n) is 3.53. The molecule has 0 aromatic carbocycles. The maximum Gasteiger partial charge on any atom is 0.457 e. The second-order valence-electron chi connectivity index (χ2n) is 4.79. The molecule has 0 amide bonds. The van der Waals surface area contributed by atoms with Gasteiger partial charge in [-0.2, -0.15) is 0 Å². The van der Waals surface area contributed by atoms with Gasteiger partial charge in [0.1, 0.15) is 0 Å². The van der Waals surface area contributed by atoms with E-state index in [0.717, 1.165) is 12.8 Å². The van der Waals surface area contributed by atoms with E-state index < -0.39 is 15.8 Å². The number of carbonyl (C=O) groups is 1. The fourth-order valence-electron chi connectivity index (χ4n) is 2.38. The Morgan fingerprint density at radius 1 is 1.38 bits per heavy atom. The smallest absolute Gasteiger partial charge is 0.457 e. The first-order valence-electron chi connectivity index (χ1n) is 6.53. The average Bonchev–Trinajstić information content (AvgIpc) is 3.03. The number of hydrogen-bond donors (Lipinski definition) is 1. The number of rotatable bonds is 4. The molecule has 0 unspecified atom stereocenters. The van der Waals surface area contributed by atoms with Crippen LogP contribution in [0.3, 0.4) is 0 Å². The number of nitrogens with one attached hydrogen (secondary N) is 1. The molecule has 0 spiro atoms. The number of ether oxygens (including phenoxy) is 1. The van der Waals surface area contributed by atoms with Gasteiger partial charge in [0.15, 0.2) is 14.9 Å². The summed E-state index contributed by atoms with van der Waals surface area (Å²) >= 11 is 0. The van der Waals surface area contributed by atoms with Gasteiger partial charge in [-0.25, -0.2) is 18.2 Å². The summed E-state index contributed by atoms with van der Waals surface area (Å²) in [6.07, 6.45) is 4.38. The van der Waals surface area contributed by atoms with Gasteiger partial charge in [-0.3, -0.25) is 0 Å². The molecule has 1 saturated carbocycles. The van der Waals surface area contributed by atoms with Crippen LogP contribution in [-0.4, -0.2) is 42.2 Å². The zero-order valence-corrected chi connectivity index (χ0v) is 12.4. The molecule has 7 nitrogen and oxygen atoms in total. The van der Waals surface area contributed by atoms with Crippen molar-refractivity contribution in [3.05, 3.63) is 23.9 Å². The molecule has 0 bridgehead atoms. The second-order valence-corrected chi connectivity index (χ2v) is 6.96. The van der Waals surface area contributed by atoms with Gasteiger partial charge in [0.25, 0.3) is 0 Å². The van der Waals surface area contributed by atoms with E-state index >= 15 is 0 Å². The molecule has 1 aromatic heterocycles. The molecule has 0 aliphatic heterocycles. The van der Waals surface area contributed by atoms with Crippen molar-refractivity contribution in [2.24, 2.45) is 0 Å². The number of carbonyl (C=O) groups excluding carboxylic acids is 1. The van der Waals surface area contributed by atoms with Gasteiger partial charge in [-0.1, -0.05) is 12.8 Å². The molecule has 1 fully saturated rings. The predicted octanol–water partition coefficient (Wildman–Crippen LogP) is 0.999. The summed E-state index contributed by atoms with van der Waals surface area (Å²) in [6.45, 7) is 0. The zero-order valence-electron chi connectivity index (χ0n) is 11.6. The first kappa shape index (κ1) is 15.3. The highest BCUT2D eigenvalue weighted by atomic mass is 32.2. The zero-order chi connectivity index (χ0) is 15.5. The summed E-state index contributed by atoms with van der Waals surface area (Å²) in [5, 5.41) is -0.381. The monoisotopic (exact) mass is 310 g/mol. The fraction of sp³-hybridized carbons (Fsp3) is 0.462. The normalized spacial score (nSPS) is 15.5. The van der Waals surface area contributed by atoms with Gasteiger partial charge >= 0.3 is 11.7 Å². The second kappa shape index (κ2) is 6.15. The van der Waals surface area contributed by atoms with Crippen LogP contribution in [0.2, 0.25) is 0 Å². The molecule has 1 N–H and O–H groups in total. The number of pyridine rings is 1. The lowest BCUT2D eigenvalue weighted by Crippen LogP contribution is -2.21. The van der Waals surface area contributed by atoms with Gasteiger partial charge in [0.2, 0.25) is 0 Å². The van der Waals surface area contributed by atoms with E-state index in [0.29, 0.717) is 12.8 Å². The summed E-state index contributed by atoms with van der Waals surface area (Å²) < 4.78 is 29.2. The van der Waals surface area contributed by atoms with Gasteiger partial charge in [0.05, 0.1) is 28.2 Å². The Bertz CT molecular complexity index is 685. The molecular weight excluding hydrogens is 294 g/mol. The molecule has 8 heteroatoms. The van der Waals surface area contributed by atoms with Crippen LogP contribution in [0, 0.1) is 5.53 Å². The molecule has 21 heavy (non-hydrogen) atoms. The molecule has 1 aliphatic rings. The number of nitrogens with zero attached hydrogens (tertiary/aromatic N) is 2. The van der Waals surface area contributed by atoms with Crippen molar-refractivity contribution >= 4 is 21.5 Å². The Labute approximate surface area is 122 Å². The first-order chi connectivity index (χ1) is 10.0. The molecular formula is C13H16N3O4S+. The van der Waals surface area contributed by atoms with Crippen LogP contribution < -0.4 is 0 Å². The van der Waals surface area contributed by atoms with Gasteiger partial charge in [-0.15, -0.1) is 0 Å². The predicted molar refractivity (Wildman–Crippen MR) is 72.8 cm³/mol. The van der Waals surface area contributed by atoms with E-state index in [2.05, 4.69) is 14.5 Å². The van der Waals surface area contributed by atoms with Crippen LogP contribution in [0.1, 0.15) is 31.2 Å². The number of sulfone groups is 1. The molecule has 1 aromatic rings. The highest BCUT2D eigenvalue weighted by Gasteiger charge is 2.32. The van der Waals surface area contributed by atoms with Crippen molar-refractivity contribution in [1.29, 1.82) is 5.53 Å². The van der Waals surface area contributed by atoms with Crippen LogP contribution in [-0.2, 0) is 19.4 Å². The van der Waals surface area contributed by atoms with Crippen LogP contribution in [0.5, 0.6) is 0 Å². The van der Waals surface area contributed by atoms with Crippen LogP contribution in [0.25, 0.3) is 0 Å². The molecule has 2 rings (SSSR count). The van der Waals surface area contributed by atoms with E-state index in [1.807, 2.05) is 0 Å². The molecule has 1 heterocycles. The van der Waals surface area contributed by atoms with Crippen molar-refractivity contribution < 1.29 is 22.7 Å². The Morgan fingerprint density at radius 2 is 2.05 bits per heavy atom. The minimum atomic E-state index is -3.43. The first-order valence-corrected chi connectivity index (χ1v) is 8.08. The number of esters is 1. The Balaban J connectivity index is 2.31. The Kier molecular flexibility index (Phi) is 4.50. The van der Waals surface area contributed by atoms with Crippen molar-refractivity contribution in [3.63, 3.8) is 0 Å². The summed E-state index contributed by atoms with van der Waals surface area (Å²) in [7, 11) is -2.25.